The largest absolute Gasteiger partial charge is 0.308 e. The Kier molecular flexibility index (Phi) is 4.04. The summed E-state index contributed by atoms with van der Waals surface area (Å²) in [6.07, 6.45) is 8.14. The first-order valence-corrected chi connectivity index (χ1v) is 6.12. The maximum atomic E-state index is 4.42. The molecule has 0 spiro atoms. The van der Waals surface area contributed by atoms with Gasteiger partial charge in [-0.25, -0.2) is 0 Å². The van der Waals surface area contributed by atoms with Crippen LogP contribution < -0.4 is 5.32 Å². The molecule has 0 aliphatic heterocycles. The van der Waals surface area contributed by atoms with Gasteiger partial charge in [0.1, 0.15) is 0 Å². The fraction of sp³-hybridized carbons (Fsp3) is 0.462. The molecular weight excluding hydrogens is 226 g/mol. The number of nitrogens with one attached hydrogen (secondary N) is 1. The molecule has 5 nitrogen and oxygen atoms in total. The van der Waals surface area contributed by atoms with Gasteiger partial charge in [-0.1, -0.05) is 0 Å². The Hall–Kier alpha value is -1.75. The minimum atomic E-state index is 0.350. The van der Waals surface area contributed by atoms with Gasteiger partial charge in [-0.05, 0) is 19.4 Å². The Morgan fingerprint density at radius 2 is 2.22 bits per heavy atom. The van der Waals surface area contributed by atoms with Crippen LogP contribution in [0.5, 0.6) is 0 Å². The van der Waals surface area contributed by atoms with Crippen molar-refractivity contribution < 1.29 is 0 Å². The van der Waals surface area contributed by atoms with Crippen LogP contribution >= 0.6 is 0 Å². The smallest absolute Gasteiger partial charge is 0.0791 e. The van der Waals surface area contributed by atoms with Crippen LogP contribution in [0.25, 0.3) is 0 Å². The fourth-order valence-electron chi connectivity index (χ4n) is 1.92. The molecule has 2 aromatic rings. The molecule has 0 radical (unpaired) electrons. The summed E-state index contributed by atoms with van der Waals surface area (Å²) in [6.45, 7) is 5.01. The van der Waals surface area contributed by atoms with Gasteiger partial charge in [0, 0.05) is 50.8 Å². The van der Waals surface area contributed by atoms with Crippen LogP contribution in [0.4, 0.5) is 0 Å². The number of hydrogen-bond acceptors (Lipinski definition) is 4. The van der Waals surface area contributed by atoms with Crippen LogP contribution in [0.3, 0.4) is 0 Å². The summed E-state index contributed by atoms with van der Waals surface area (Å²) in [5.74, 6) is 0. The van der Waals surface area contributed by atoms with Crippen molar-refractivity contribution in [1.29, 1.82) is 0 Å². The quantitative estimate of drug-likeness (QED) is 0.861. The maximum absolute atomic E-state index is 4.42. The third-order valence-corrected chi connectivity index (χ3v) is 2.86. The van der Waals surface area contributed by atoms with Gasteiger partial charge in [-0.15, -0.1) is 0 Å². The molecule has 0 aliphatic carbocycles. The lowest BCUT2D eigenvalue weighted by molar-refractivity contribution is 0.529. The van der Waals surface area contributed by atoms with E-state index in [0.29, 0.717) is 6.04 Å². The minimum absolute atomic E-state index is 0.350. The maximum Gasteiger partial charge on any atom is 0.0791 e. The molecule has 2 rings (SSSR count). The van der Waals surface area contributed by atoms with E-state index in [9.17, 15) is 0 Å². The molecule has 2 heterocycles. The zero-order valence-corrected chi connectivity index (χ0v) is 11.1. The second kappa shape index (κ2) is 5.73. The molecule has 0 saturated heterocycles. The normalized spacial score (nSPS) is 12.6. The van der Waals surface area contributed by atoms with E-state index in [2.05, 4.69) is 34.2 Å². The molecule has 18 heavy (non-hydrogen) atoms. The van der Waals surface area contributed by atoms with Crippen molar-refractivity contribution in [3.05, 3.63) is 41.7 Å². The van der Waals surface area contributed by atoms with E-state index in [1.807, 2.05) is 24.1 Å². The lowest BCUT2D eigenvalue weighted by Gasteiger charge is -2.12. The highest BCUT2D eigenvalue weighted by atomic mass is 15.3. The number of nitrogens with zero attached hydrogens (tertiary/aromatic N) is 4. The third-order valence-electron chi connectivity index (χ3n) is 2.86. The van der Waals surface area contributed by atoms with Gasteiger partial charge in [0.15, 0.2) is 0 Å². The van der Waals surface area contributed by atoms with E-state index < -0.39 is 0 Å². The van der Waals surface area contributed by atoms with Crippen molar-refractivity contribution in [2.75, 3.05) is 0 Å². The molecule has 0 aromatic carbocycles. The second-order valence-corrected chi connectivity index (χ2v) is 4.62. The average Bonchev–Trinajstić information content (AvgIpc) is 2.66. The van der Waals surface area contributed by atoms with Crippen LogP contribution in [-0.2, 0) is 20.0 Å². The third kappa shape index (κ3) is 3.37. The molecule has 2 aromatic heterocycles. The Morgan fingerprint density at radius 1 is 1.39 bits per heavy atom. The summed E-state index contributed by atoms with van der Waals surface area (Å²) in [6, 6.07) is 0.350. The van der Waals surface area contributed by atoms with Gasteiger partial charge in [-0.2, -0.15) is 5.10 Å². The lowest BCUT2D eigenvalue weighted by Crippen LogP contribution is -2.28. The SMILES string of the molecule is Cc1cn(C)nc1CNC(C)Cc1cnccn1. The van der Waals surface area contributed by atoms with Gasteiger partial charge in [0.25, 0.3) is 0 Å². The standard InChI is InChI=1S/C13H19N5/c1-10-9-18(3)17-13(10)8-16-11(2)6-12-7-14-4-5-15-12/h4-5,7,9,11,16H,6,8H2,1-3H3. The fourth-order valence-corrected chi connectivity index (χ4v) is 1.92. The second-order valence-electron chi connectivity index (χ2n) is 4.62. The summed E-state index contributed by atoms with van der Waals surface area (Å²) in [4.78, 5) is 8.34. The van der Waals surface area contributed by atoms with E-state index in [1.165, 1.54) is 5.56 Å². The van der Waals surface area contributed by atoms with E-state index in [4.69, 9.17) is 0 Å². The molecule has 0 fully saturated rings. The predicted molar refractivity (Wildman–Crippen MR) is 70.0 cm³/mol. The van der Waals surface area contributed by atoms with Gasteiger partial charge >= 0.3 is 0 Å². The van der Waals surface area contributed by atoms with Crippen molar-refractivity contribution in [3.63, 3.8) is 0 Å². The molecule has 0 amide bonds. The zero-order valence-electron chi connectivity index (χ0n) is 11.1. The van der Waals surface area contributed by atoms with Crippen molar-refractivity contribution in [3.8, 4) is 0 Å². The summed E-state index contributed by atoms with van der Waals surface area (Å²) in [5.41, 5.74) is 3.33. The van der Waals surface area contributed by atoms with Gasteiger partial charge < -0.3 is 5.32 Å². The number of aryl methyl sites for hydroxylation is 2. The van der Waals surface area contributed by atoms with Gasteiger partial charge in [-0.3, -0.25) is 14.6 Å². The Balaban J connectivity index is 1.85. The monoisotopic (exact) mass is 245 g/mol. The highest BCUT2D eigenvalue weighted by Crippen LogP contribution is 2.05. The molecule has 1 atom stereocenters. The molecule has 1 unspecified atom stereocenters. The van der Waals surface area contributed by atoms with Crippen molar-refractivity contribution >= 4 is 0 Å². The topological polar surface area (TPSA) is 55.6 Å². The number of hydrogen-bond donors (Lipinski definition) is 1. The van der Waals surface area contributed by atoms with Crippen LogP contribution in [0, 0.1) is 6.92 Å². The van der Waals surface area contributed by atoms with E-state index >= 15 is 0 Å². The van der Waals surface area contributed by atoms with Crippen molar-refractivity contribution in [2.45, 2.75) is 32.9 Å². The van der Waals surface area contributed by atoms with Crippen LogP contribution in [0.15, 0.2) is 24.8 Å². The van der Waals surface area contributed by atoms with Crippen LogP contribution in [-0.4, -0.2) is 25.8 Å². The summed E-state index contributed by atoms with van der Waals surface area (Å²) < 4.78 is 1.85. The molecule has 0 aliphatic rings. The summed E-state index contributed by atoms with van der Waals surface area (Å²) in [5, 5.41) is 7.87. The first kappa shape index (κ1) is 12.7. The van der Waals surface area contributed by atoms with Crippen LogP contribution in [0.2, 0.25) is 0 Å². The van der Waals surface area contributed by atoms with Gasteiger partial charge in [0.2, 0.25) is 0 Å². The van der Waals surface area contributed by atoms with E-state index in [-0.39, 0.29) is 0 Å². The molecule has 96 valence electrons. The van der Waals surface area contributed by atoms with E-state index in [1.54, 1.807) is 12.4 Å². The minimum Gasteiger partial charge on any atom is -0.308 e. The molecule has 0 bridgehead atoms. The Morgan fingerprint density at radius 3 is 2.83 bits per heavy atom. The lowest BCUT2D eigenvalue weighted by atomic mass is 10.2. The highest BCUT2D eigenvalue weighted by molar-refractivity contribution is 5.14. The number of rotatable bonds is 5. The van der Waals surface area contributed by atoms with Crippen molar-refractivity contribution in [2.24, 2.45) is 7.05 Å². The first-order valence-electron chi connectivity index (χ1n) is 6.12. The molecule has 1 N–H and O–H groups in total. The van der Waals surface area contributed by atoms with Gasteiger partial charge in [0.05, 0.1) is 11.4 Å². The highest BCUT2D eigenvalue weighted by Gasteiger charge is 2.07. The summed E-state index contributed by atoms with van der Waals surface area (Å²) >= 11 is 0. The van der Waals surface area contributed by atoms with Crippen molar-refractivity contribution in [1.82, 2.24) is 25.1 Å². The molecule has 5 heteroatoms. The van der Waals surface area contributed by atoms with Crippen LogP contribution in [0.1, 0.15) is 23.9 Å². The first-order chi connectivity index (χ1) is 8.65. The average molecular weight is 245 g/mol. The van der Waals surface area contributed by atoms with E-state index in [0.717, 1.165) is 24.4 Å². The molecule has 0 saturated carbocycles. The number of aromatic nitrogens is 4. The summed E-state index contributed by atoms with van der Waals surface area (Å²) in [7, 11) is 1.94. The Labute approximate surface area is 107 Å². The Bertz CT molecular complexity index is 491. The predicted octanol–water partition coefficient (Wildman–Crippen LogP) is 1.24. The molecular formula is C13H19N5. The zero-order chi connectivity index (χ0) is 13.0.